The summed E-state index contributed by atoms with van der Waals surface area (Å²) in [5, 5.41) is 11.9. The smallest absolute Gasteiger partial charge is 0.336 e. The molecule has 0 aromatic heterocycles. The summed E-state index contributed by atoms with van der Waals surface area (Å²) in [6, 6.07) is 4.71. The molecule has 1 unspecified atom stereocenters. The zero-order valence-electron chi connectivity index (χ0n) is 12.3. The highest BCUT2D eigenvalue weighted by molar-refractivity contribution is 5.95. The molecule has 1 heterocycles. The average Bonchev–Trinajstić information content (AvgIpc) is 2.48. The number of hydrogen-bond acceptors (Lipinski definition) is 3. The lowest BCUT2D eigenvalue weighted by Gasteiger charge is -2.35. The Morgan fingerprint density at radius 1 is 1.48 bits per heavy atom. The first-order chi connectivity index (χ1) is 10.0. The van der Waals surface area contributed by atoms with Gasteiger partial charge < -0.3 is 20.1 Å². The van der Waals surface area contributed by atoms with Gasteiger partial charge in [-0.2, -0.15) is 0 Å². The molecule has 0 spiro atoms. The van der Waals surface area contributed by atoms with Gasteiger partial charge in [-0.3, -0.25) is 0 Å². The molecular formula is C15H20N2O4. The van der Waals surface area contributed by atoms with E-state index in [1.807, 2.05) is 6.92 Å². The molecular weight excluding hydrogens is 272 g/mol. The first-order valence-electron chi connectivity index (χ1n) is 7.02. The second kappa shape index (κ2) is 6.58. The maximum Gasteiger partial charge on any atom is 0.336 e. The summed E-state index contributed by atoms with van der Waals surface area (Å²) >= 11 is 0. The van der Waals surface area contributed by atoms with E-state index in [0.717, 1.165) is 6.42 Å². The average molecular weight is 292 g/mol. The summed E-state index contributed by atoms with van der Waals surface area (Å²) in [4.78, 5) is 25.2. The van der Waals surface area contributed by atoms with E-state index in [1.54, 1.807) is 24.0 Å². The van der Waals surface area contributed by atoms with Gasteiger partial charge in [0.2, 0.25) is 0 Å². The van der Waals surface area contributed by atoms with Crippen molar-refractivity contribution in [2.24, 2.45) is 0 Å². The molecule has 0 bridgehead atoms. The van der Waals surface area contributed by atoms with Gasteiger partial charge >= 0.3 is 12.0 Å². The minimum atomic E-state index is -0.999. The van der Waals surface area contributed by atoms with Crippen LogP contribution < -0.4 is 5.32 Å². The SMILES string of the molecule is CCC1COCCN1C(=O)Nc1cccc(C(=O)O)c1C. The Kier molecular flexibility index (Phi) is 4.80. The van der Waals surface area contributed by atoms with Gasteiger partial charge in [-0.25, -0.2) is 9.59 Å². The summed E-state index contributed by atoms with van der Waals surface area (Å²) in [7, 11) is 0. The van der Waals surface area contributed by atoms with Crippen LogP contribution in [0.5, 0.6) is 0 Å². The molecule has 1 aliphatic heterocycles. The molecule has 6 heteroatoms. The minimum absolute atomic E-state index is 0.0571. The topological polar surface area (TPSA) is 78.9 Å². The predicted octanol–water partition coefficient (Wildman–Crippen LogP) is 2.34. The molecule has 1 aromatic carbocycles. The number of anilines is 1. The number of morpholine rings is 1. The van der Waals surface area contributed by atoms with Gasteiger partial charge in [0, 0.05) is 12.2 Å². The third kappa shape index (κ3) is 3.33. The van der Waals surface area contributed by atoms with Gasteiger partial charge in [0.15, 0.2) is 0 Å². The van der Waals surface area contributed by atoms with Crippen molar-refractivity contribution in [2.75, 3.05) is 25.1 Å². The Hall–Kier alpha value is -2.08. The predicted molar refractivity (Wildman–Crippen MR) is 78.8 cm³/mol. The first kappa shape index (κ1) is 15.3. The van der Waals surface area contributed by atoms with Crippen molar-refractivity contribution in [1.82, 2.24) is 4.90 Å². The number of nitrogens with zero attached hydrogens (tertiary/aromatic N) is 1. The highest BCUT2D eigenvalue weighted by Crippen LogP contribution is 2.20. The lowest BCUT2D eigenvalue weighted by Crippen LogP contribution is -2.50. The van der Waals surface area contributed by atoms with Gasteiger partial charge in [0.25, 0.3) is 0 Å². The van der Waals surface area contributed by atoms with Crippen molar-refractivity contribution in [1.29, 1.82) is 0 Å². The molecule has 2 amide bonds. The van der Waals surface area contributed by atoms with Crippen LogP contribution in [0, 0.1) is 6.92 Å². The molecule has 0 saturated carbocycles. The van der Waals surface area contributed by atoms with Crippen LogP contribution in [0.15, 0.2) is 18.2 Å². The molecule has 2 N–H and O–H groups in total. The van der Waals surface area contributed by atoms with Crippen molar-refractivity contribution < 1.29 is 19.4 Å². The highest BCUT2D eigenvalue weighted by atomic mass is 16.5. The maximum absolute atomic E-state index is 12.4. The van der Waals surface area contributed by atoms with Gasteiger partial charge in [0.05, 0.1) is 24.8 Å². The zero-order valence-corrected chi connectivity index (χ0v) is 12.3. The fourth-order valence-electron chi connectivity index (χ4n) is 2.45. The number of carbonyl (C=O) groups excluding carboxylic acids is 1. The number of urea groups is 1. The lowest BCUT2D eigenvalue weighted by atomic mass is 10.1. The van der Waals surface area contributed by atoms with Crippen molar-refractivity contribution in [3.05, 3.63) is 29.3 Å². The van der Waals surface area contributed by atoms with Crippen LogP contribution in [0.1, 0.15) is 29.3 Å². The third-order valence-corrected chi connectivity index (χ3v) is 3.77. The van der Waals surface area contributed by atoms with Crippen molar-refractivity contribution in [3.8, 4) is 0 Å². The number of carboxylic acid groups (broad SMARTS) is 1. The molecule has 0 radical (unpaired) electrons. The summed E-state index contributed by atoms with van der Waals surface area (Å²) in [6.07, 6.45) is 0.821. The number of hydrogen-bond donors (Lipinski definition) is 2. The number of rotatable bonds is 3. The molecule has 1 atom stereocenters. The number of amides is 2. The monoisotopic (exact) mass is 292 g/mol. The molecule has 2 rings (SSSR count). The number of carbonyl (C=O) groups is 2. The molecule has 1 fully saturated rings. The molecule has 1 aliphatic rings. The van der Waals surface area contributed by atoms with Crippen molar-refractivity contribution >= 4 is 17.7 Å². The quantitative estimate of drug-likeness (QED) is 0.896. The standard InChI is InChI=1S/C15H20N2O4/c1-3-11-9-21-8-7-17(11)15(20)16-13-6-4-5-12(10(13)2)14(18)19/h4-6,11H,3,7-9H2,1-2H3,(H,16,20)(H,18,19). The number of carboxylic acids is 1. The Morgan fingerprint density at radius 3 is 2.90 bits per heavy atom. The fraction of sp³-hybridized carbons (Fsp3) is 0.467. The number of nitrogens with one attached hydrogen (secondary N) is 1. The lowest BCUT2D eigenvalue weighted by molar-refractivity contribution is 0.0144. The van der Waals surface area contributed by atoms with Crippen LogP contribution in [-0.2, 0) is 4.74 Å². The molecule has 6 nitrogen and oxygen atoms in total. The van der Waals surface area contributed by atoms with Crippen LogP contribution in [-0.4, -0.2) is 47.8 Å². The summed E-state index contributed by atoms with van der Waals surface area (Å²) in [6.45, 7) is 5.31. The van der Waals surface area contributed by atoms with E-state index in [-0.39, 0.29) is 17.6 Å². The fourth-order valence-corrected chi connectivity index (χ4v) is 2.45. The Bertz CT molecular complexity index is 544. The molecule has 0 aliphatic carbocycles. The zero-order chi connectivity index (χ0) is 15.4. The van der Waals surface area contributed by atoms with Crippen LogP contribution in [0.25, 0.3) is 0 Å². The Morgan fingerprint density at radius 2 is 2.24 bits per heavy atom. The van der Waals surface area contributed by atoms with Gasteiger partial charge in [-0.1, -0.05) is 13.0 Å². The number of ether oxygens (including phenoxy) is 1. The number of aromatic carboxylic acids is 1. The maximum atomic E-state index is 12.4. The second-order valence-corrected chi connectivity index (χ2v) is 5.04. The molecule has 1 aromatic rings. The second-order valence-electron chi connectivity index (χ2n) is 5.04. The Labute approximate surface area is 123 Å². The van der Waals surface area contributed by atoms with Crippen molar-refractivity contribution in [3.63, 3.8) is 0 Å². The van der Waals surface area contributed by atoms with E-state index < -0.39 is 5.97 Å². The summed E-state index contributed by atoms with van der Waals surface area (Å²) < 4.78 is 5.38. The van der Waals surface area contributed by atoms with E-state index >= 15 is 0 Å². The Balaban J connectivity index is 2.16. The summed E-state index contributed by atoms with van der Waals surface area (Å²) in [5.41, 5.74) is 1.28. The molecule has 114 valence electrons. The first-order valence-corrected chi connectivity index (χ1v) is 7.02. The van der Waals surface area contributed by atoms with E-state index in [4.69, 9.17) is 9.84 Å². The van der Waals surface area contributed by atoms with Gasteiger partial charge in [-0.15, -0.1) is 0 Å². The van der Waals surface area contributed by atoms with Crippen LogP contribution in [0.2, 0.25) is 0 Å². The number of benzene rings is 1. The van der Waals surface area contributed by atoms with Crippen LogP contribution >= 0.6 is 0 Å². The van der Waals surface area contributed by atoms with E-state index in [9.17, 15) is 9.59 Å². The minimum Gasteiger partial charge on any atom is -0.478 e. The molecule has 21 heavy (non-hydrogen) atoms. The van der Waals surface area contributed by atoms with Crippen LogP contribution in [0.3, 0.4) is 0 Å². The van der Waals surface area contributed by atoms with E-state index in [0.29, 0.717) is 31.0 Å². The van der Waals surface area contributed by atoms with Crippen molar-refractivity contribution in [2.45, 2.75) is 26.3 Å². The van der Waals surface area contributed by atoms with Gasteiger partial charge in [0.1, 0.15) is 0 Å². The summed E-state index contributed by atoms with van der Waals surface area (Å²) in [5.74, 6) is -0.999. The van der Waals surface area contributed by atoms with E-state index in [2.05, 4.69) is 5.32 Å². The third-order valence-electron chi connectivity index (χ3n) is 3.77. The highest BCUT2D eigenvalue weighted by Gasteiger charge is 2.26. The molecule has 1 saturated heterocycles. The normalized spacial score (nSPS) is 18.4. The van der Waals surface area contributed by atoms with E-state index in [1.165, 1.54) is 6.07 Å². The van der Waals surface area contributed by atoms with Crippen LogP contribution in [0.4, 0.5) is 10.5 Å². The largest absolute Gasteiger partial charge is 0.478 e. The van der Waals surface area contributed by atoms with Gasteiger partial charge in [-0.05, 0) is 31.0 Å².